The average Bonchev–Trinajstić information content (AvgIpc) is 2.53. The van der Waals surface area contributed by atoms with Crippen LogP contribution in [0, 0.1) is 0 Å². The van der Waals surface area contributed by atoms with Crippen molar-refractivity contribution in [2.75, 3.05) is 0 Å². The van der Waals surface area contributed by atoms with Crippen LogP contribution in [0.4, 0.5) is 17.6 Å². The fourth-order valence-electron chi connectivity index (χ4n) is 1.38. The van der Waals surface area contributed by atoms with E-state index in [1.807, 2.05) is 0 Å². The molecule has 2 rings (SSSR count). The third-order valence-electron chi connectivity index (χ3n) is 2.20. The second-order valence-electron chi connectivity index (χ2n) is 3.47. The molecular formula is C10H3BrF4O4. The van der Waals surface area contributed by atoms with Gasteiger partial charge in [0.25, 0.3) is 0 Å². The van der Waals surface area contributed by atoms with Gasteiger partial charge < -0.3 is 9.47 Å². The zero-order chi connectivity index (χ0) is 14.4. The van der Waals surface area contributed by atoms with Crippen LogP contribution < -0.4 is 4.74 Å². The molecule has 9 heteroatoms. The van der Waals surface area contributed by atoms with Crippen LogP contribution in [0.2, 0.25) is 0 Å². The second-order valence-corrected chi connectivity index (χ2v) is 4.47. The highest BCUT2D eigenvalue weighted by atomic mass is 79.9. The highest BCUT2D eigenvalue weighted by molar-refractivity contribution is 9.10. The van der Waals surface area contributed by atoms with E-state index in [-0.39, 0.29) is 5.56 Å². The first-order chi connectivity index (χ1) is 8.63. The molecule has 19 heavy (non-hydrogen) atoms. The Balaban J connectivity index is 2.44. The first-order valence-electron chi connectivity index (χ1n) is 4.66. The lowest BCUT2D eigenvalue weighted by atomic mass is 10.1. The van der Waals surface area contributed by atoms with Gasteiger partial charge in [0.05, 0.1) is 5.56 Å². The van der Waals surface area contributed by atoms with Gasteiger partial charge in [-0.15, -0.1) is 0 Å². The first-order valence-corrected chi connectivity index (χ1v) is 5.46. The maximum absolute atomic E-state index is 13.1. The van der Waals surface area contributed by atoms with Gasteiger partial charge in [-0.25, -0.2) is 9.59 Å². The summed E-state index contributed by atoms with van der Waals surface area (Å²) in [5.74, 6) is -3.15. The number of hydrogen-bond donors (Lipinski definition) is 0. The molecule has 1 aromatic rings. The summed E-state index contributed by atoms with van der Waals surface area (Å²) < 4.78 is 59.3. The smallest absolute Gasteiger partial charge is 0.426 e. The van der Waals surface area contributed by atoms with Crippen molar-refractivity contribution in [2.24, 2.45) is 0 Å². The highest BCUT2D eigenvalue weighted by Crippen LogP contribution is 2.42. The van der Waals surface area contributed by atoms with Gasteiger partial charge in [0.2, 0.25) is 0 Å². The molecule has 0 saturated carbocycles. The summed E-state index contributed by atoms with van der Waals surface area (Å²) in [5.41, 5.74) is -0.930. The van der Waals surface area contributed by atoms with E-state index in [2.05, 4.69) is 9.47 Å². The topological polar surface area (TPSA) is 52.6 Å². The van der Waals surface area contributed by atoms with E-state index in [9.17, 15) is 27.2 Å². The van der Waals surface area contributed by atoms with E-state index in [1.165, 1.54) is 15.9 Å². The molecule has 0 fully saturated rings. The zero-order valence-electron chi connectivity index (χ0n) is 8.75. The lowest BCUT2D eigenvalue weighted by Gasteiger charge is -2.22. The molecule has 0 atom stereocenters. The number of benzene rings is 1. The van der Waals surface area contributed by atoms with Crippen LogP contribution in [-0.2, 0) is 4.74 Å². The van der Waals surface area contributed by atoms with Crippen molar-refractivity contribution >= 4 is 27.9 Å². The molecule has 0 aromatic heterocycles. The van der Waals surface area contributed by atoms with E-state index in [0.717, 1.165) is 18.2 Å². The van der Waals surface area contributed by atoms with Crippen LogP contribution in [0.3, 0.4) is 0 Å². The minimum absolute atomic E-state index is 0.323. The molecule has 0 bridgehead atoms. The maximum Gasteiger partial charge on any atom is 0.475 e. The van der Waals surface area contributed by atoms with Crippen LogP contribution in [0.25, 0.3) is 0 Å². The van der Waals surface area contributed by atoms with E-state index >= 15 is 0 Å². The molecule has 0 aliphatic carbocycles. The van der Waals surface area contributed by atoms with Crippen LogP contribution >= 0.6 is 15.9 Å². The molecule has 0 radical (unpaired) electrons. The number of fused-ring (bicyclic) bond motifs is 1. The van der Waals surface area contributed by atoms with Crippen molar-refractivity contribution in [3.05, 3.63) is 29.3 Å². The number of halogens is 5. The molecule has 0 amide bonds. The van der Waals surface area contributed by atoms with Crippen molar-refractivity contribution in [1.29, 1.82) is 0 Å². The Morgan fingerprint density at radius 3 is 2.32 bits per heavy atom. The normalized spacial score (nSPS) is 15.2. The third-order valence-corrected chi connectivity index (χ3v) is 2.67. The molecule has 102 valence electrons. The number of carbonyl (C=O) groups excluding carboxylic acids is 2. The fraction of sp³-hybridized carbons (Fsp3) is 0.200. The number of ether oxygens (including phenoxy) is 2. The largest absolute Gasteiger partial charge is 0.475 e. The SMILES string of the molecule is O=C1OC(=O)c2c(OC(F)(F)C(F)(F)Br)cccc21. The lowest BCUT2D eigenvalue weighted by molar-refractivity contribution is -0.266. The summed E-state index contributed by atoms with van der Waals surface area (Å²) in [4.78, 5) is 17.8. The number of esters is 2. The van der Waals surface area contributed by atoms with Crippen molar-refractivity contribution < 1.29 is 36.6 Å². The molecular weight excluding hydrogens is 340 g/mol. The Morgan fingerprint density at radius 1 is 1.11 bits per heavy atom. The maximum atomic E-state index is 13.1. The monoisotopic (exact) mass is 342 g/mol. The predicted octanol–water partition coefficient (Wildman–Crippen LogP) is 2.96. The standard InChI is InChI=1S/C10H3BrF4O4/c11-9(12,13)10(14,15)19-5-3-1-2-4-6(5)8(17)18-7(4)16/h1-3H. The van der Waals surface area contributed by atoms with Gasteiger partial charge in [-0.2, -0.15) is 17.6 Å². The van der Waals surface area contributed by atoms with E-state index in [0.29, 0.717) is 0 Å². The van der Waals surface area contributed by atoms with Crippen LogP contribution in [0.5, 0.6) is 5.75 Å². The second kappa shape index (κ2) is 4.19. The number of alkyl halides is 5. The Kier molecular flexibility index (Phi) is 3.04. The van der Waals surface area contributed by atoms with E-state index in [4.69, 9.17) is 0 Å². The number of rotatable bonds is 3. The van der Waals surface area contributed by atoms with Gasteiger partial charge in [0, 0.05) is 15.9 Å². The van der Waals surface area contributed by atoms with Crippen molar-refractivity contribution in [2.45, 2.75) is 10.9 Å². The fourth-order valence-corrected chi connectivity index (χ4v) is 1.46. The zero-order valence-corrected chi connectivity index (χ0v) is 10.3. The Hall–Kier alpha value is -1.64. The average molecular weight is 343 g/mol. The predicted molar refractivity (Wildman–Crippen MR) is 55.6 cm³/mol. The Labute approximate surface area is 111 Å². The van der Waals surface area contributed by atoms with Gasteiger partial charge in [-0.1, -0.05) is 6.07 Å². The quantitative estimate of drug-likeness (QED) is 0.367. The molecule has 1 aromatic carbocycles. The molecule has 1 aliphatic rings. The van der Waals surface area contributed by atoms with Crippen molar-refractivity contribution in [3.8, 4) is 5.75 Å². The van der Waals surface area contributed by atoms with Crippen molar-refractivity contribution in [3.63, 3.8) is 0 Å². The molecule has 1 aliphatic heterocycles. The summed E-state index contributed by atoms with van der Waals surface area (Å²) in [6.45, 7) is 0. The van der Waals surface area contributed by atoms with Gasteiger partial charge in [0.15, 0.2) is 0 Å². The molecule has 0 saturated heterocycles. The lowest BCUT2D eigenvalue weighted by Crippen LogP contribution is -2.41. The summed E-state index contributed by atoms with van der Waals surface area (Å²) in [5, 5.41) is 0. The van der Waals surface area contributed by atoms with E-state index < -0.39 is 34.2 Å². The van der Waals surface area contributed by atoms with Crippen LogP contribution in [-0.4, -0.2) is 22.9 Å². The molecule has 1 heterocycles. The summed E-state index contributed by atoms with van der Waals surface area (Å²) in [7, 11) is 0. The Bertz CT molecular complexity index is 567. The van der Waals surface area contributed by atoms with Crippen molar-refractivity contribution in [1.82, 2.24) is 0 Å². The molecule has 4 nitrogen and oxygen atoms in total. The van der Waals surface area contributed by atoms with Crippen LogP contribution in [0.15, 0.2) is 18.2 Å². The van der Waals surface area contributed by atoms with Gasteiger partial charge in [-0.05, 0) is 12.1 Å². The third kappa shape index (κ3) is 2.29. The molecule has 0 unspecified atom stereocenters. The summed E-state index contributed by atoms with van der Waals surface area (Å²) in [6, 6.07) is 3.07. The van der Waals surface area contributed by atoms with Gasteiger partial charge in [0.1, 0.15) is 11.3 Å². The minimum Gasteiger partial charge on any atom is -0.426 e. The molecule has 0 N–H and O–H groups in total. The first kappa shape index (κ1) is 13.8. The highest BCUT2D eigenvalue weighted by Gasteiger charge is 2.58. The Morgan fingerprint density at radius 2 is 1.74 bits per heavy atom. The van der Waals surface area contributed by atoms with Gasteiger partial charge >= 0.3 is 22.9 Å². The number of hydrogen-bond acceptors (Lipinski definition) is 4. The number of carbonyl (C=O) groups is 2. The number of cyclic esters (lactones) is 2. The summed E-state index contributed by atoms with van der Waals surface area (Å²) >= 11 is 1.47. The van der Waals surface area contributed by atoms with Gasteiger partial charge in [-0.3, -0.25) is 0 Å². The van der Waals surface area contributed by atoms with Crippen LogP contribution in [0.1, 0.15) is 20.7 Å². The summed E-state index contributed by atoms with van der Waals surface area (Å²) in [6.07, 6.45) is -4.91. The molecule has 0 spiro atoms. The minimum atomic E-state index is -4.91. The van der Waals surface area contributed by atoms with E-state index in [1.54, 1.807) is 0 Å².